The molecule has 1 aliphatic carbocycles. The minimum atomic E-state index is -0.702. The summed E-state index contributed by atoms with van der Waals surface area (Å²) in [5, 5.41) is 0. The molecule has 2 amide bonds. The van der Waals surface area contributed by atoms with Crippen LogP contribution in [0, 0.1) is 5.92 Å². The fraction of sp³-hybridized carbons (Fsp3) is 0.444. The van der Waals surface area contributed by atoms with Crippen LogP contribution in [0.4, 0.5) is 10.5 Å². The minimum absolute atomic E-state index is 0.0783. The molecule has 5 rings (SSSR count). The summed E-state index contributed by atoms with van der Waals surface area (Å²) in [7, 11) is 0. The predicted octanol–water partition coefficient (Wildman–Crippen LogP) is 4.71. The summed E-state index contributed by atoms with van der Waals surface area (Å²) in [6, 6.07) is 13.8. The highest BCUT2D eigenvalue weighted by Crippen LogP contribution is 2.44. The molecule has 1 aliphatic heterocycles. The van der Waals surface area contributed by atoms with Gasteiger partial charge in [0, 0.05) is 31.6 Å². The van der Waals surface area contributed by atoms with Gasteiger partial charge in [0.15, 0.2) is 0 Å². The minimum Gasteiger partial charge on any atom is -0.437 e. The third-order valence-electron chi connectivity index (χ3n) is 6.77. The molecule has 2 heterocycles. The van der Waals surface area contributed by atoms with E-state index in [1.54, 1.807) is 9.80 Å². The maximum atomic E-state index is 13.9. The van der Waals surface area contributed by atoms with Crippen molar-refractivity contribution in [2.45, 2.75) is 71.9 Å². The molecular formula is C27H33N5O3. The Hall–Kier alpha value is -3.39. The molecule has 0 saturated heterocycles. The SMILES string of the molecule is CC(=O)OC1c2ccccc2N(Cc2nc3cc(CN)ccc3n2CCC(C)C)C(=O)N1C1CC1. The largest absolute Gasteiger partial charge is 0.437 e. The first-order chi connectivity index (χ1) is 16.9. The van der Waals surface area contributed by atoms with Crippen molar-refractivity contribution in [3.05, 3.63) is 59.4 Å². The molecule has 8 heteroatoms. The first kappa shape index (κ1) is 23.4. The molecule has 0 radical (unpaired) electrons. The molecule has 1 fully saturated rings. The number of hydrogen-bond acceptors (Lipinski definition) is 5. The van der Waals surface area contributed by atoms with E-state index in [2.05, 4.69) is 24.5 Å². The number of carbonyl (C=O) groups is 2. The number of urea groups is 1. The lowest BCUT2D eigenvalue weighted by molar-refractivity contribution is -0.155. The zero-order valence-electron chi connectivity index (χ0n) is 20.6. The predicted molar refractivity (Wildman–Crippen MR) is 134 cm³/mol. The lowest BCUT2D eigenvalue weighted by Crippen LogP contribution is -2.51. The Kier molecular flexibility index (Phi) is 6.23. The molecule has 0 bridgehead atoms. The van der Waals surface area contributed by atoms with E-state index in [1.807, 2.05) is 36.4 Å². The summed E-state index contributed by atoms with van der Waals surface area (Å²) in [5.74, 6) is 0.971. The van der Waals surface area contributed by atoms with Gasteiger partial charge in [0.1, 0.15) is 5.82 Å². The third kappa shape index (κ3) is 4.50. The highest BCUT2D eigenvalue weighted by Gasteiger charge is 2.46. The van der Waals surface area contributed by atoms with Gasteiger partial charge in [-0.1, -0.05) is 38.1 Å². The van der Waals surface area contributed by atoms with Gasteiger partial charge >= 0.3 is 12.0 Å². The molecular weight excluding hydrogens is 442 g/mol. The maximum Gasteiger partial charge on any atom is 0.328 e. The summed E-state index contributed by atoms with van der Waals surface area (Å²) in [6.07, 6.45) is 2.12. The van der Waals surface area contributed by atoms with Crippen molar-refractivity contribution < 1.29 is 14.3 Å². The van der Waals surface area contributed by atoms with Crippen LogP contribution in [0.2, 0.25) is 0 Å². The van der Waals surface area contributed by atoms with E-state index < -0.39 is 12.2 Å². The van der Waals surface area contributed by atoms with Crippen molar-refractivity contribution in [2.75, 3.05) is 4.90 Å². The van der Waals surface area contributed by atoms with Gasteiger partial charge in [-0.2, -0.15) is 0 Å². The first-order valence-electron chi connectivity index (χ1n) is 12.4. The molecule has 1 aromatic heterocycles. The number of nitrogens with zero attached hydrogens (tertiary/aromatic N) is 4. The van der Waals surface area contributed by atoms with Crippen LogP contribution < -0.4 is 10.6 Å². The van der Waals surface area contributed by atoms with E-state index in [-0.39, 0.29) is 12.1 Å². The summed E-state index contributed by atoms with van der Waals surface area (Å²) in [4.78, 5) is 34.3. The highest BCUT2D eigenvalue weighted by atomic mass is 16.6. The highest BCUT2D eigenvalue weighted by molar-refractivity contribution is 5.96. The van der Waals surface area contributed by atoms with Crippen LogP contribution >= 0.6 is 0 Å². The molecule has 2 aromatic carbocycles. The number of imidazole rings is 1. The summed E-state index contributed by atoms with van der Waals surface area (Å²) in [6.45, 7) is 7.40. The van der Waals surface area contributed by atoms with E-state index in [0.717, 1.165) is 59.5 Å². The van der Waals surface area contributed by atoms with Gasteiger partial charge in [-0.3, -0.25) is 14.6 Å². The first-order valence-corrected chi connectivity index (χ1v) is 12.4. The summed E-state index contributed by atoms with van der Waals surface area (Å²) in [5.41, 5.74) is 10.4. The fourth-order valence-corrected chi connectivity index (χ4v) is 4.82. The van der Waals surface area contributed by atoms with Gasteiger partial charge in [-0.25, -0.2) is 9.78 Å². The van der Waals surface area contributed by atoms with Crippen molar-refractivity contribution in [1.29, 1.82) is 0 Å². The lowest BCUT2D eigenvalue weighted by atomic mass is 10.1. The van der Waals surface area contributed by atoms with Gasteiger partial charge in [-0.15, -0.1) is 0 Å². The van der Waals surface area contributed by atoms with Gasteiger partial charge in [0.05, 0.1) is 23.3 Å². The van der Waals surface area contributed by atoms with Gasteiger partial charge in [0.2, 0.25) is 6.23 Å². The smallest absolute Gasteiger partial charge is 0.328 e. The Morgan fingerprint density at radius 1 is 1.20 bits per heavy atom. The second-order valence-electron chi connectivity index (χ2n) is 9.92. The van der Waals surface area contributed by atoms with Gasteiger partial charge < -0.3 is 15.0 Å². The standard InChI is InChI=1S/C27H33N5O3/c1-17(2)12-13-30-24-11-8-19(15-28)14-22(24)29-25(30)16-31-23-7-5-4-6-21(23)26(35-18(3)33)32(27(31)34)20-9-10-20/h4-8,11,14,17,20,26H,9-10,12-13,15-16,28H2,1-3H3. The summed E-state index contributed by atoms with van der Waals surface area (Å²) >= 11 is 0. The average molecular weight is 476 g/mol. The van der Waals surface area contributed by atoms with Gasteiger partial charge in [-0.05, 0) is 48.9 Å². The molecule has 2 aliphatic rings. The number of carbonyl (C=O) groups excluding carboxylic acids is 2. The molecule has 0 spiro atoms. The maximum absolute atomic E-state index is 13.9. The molecule has 184 valence electrons. The van der Waals surface area contributed by atoms with Gasteiger partial charge in [0.25, 0.3) is 0 Å². The number of aromatic nitrogens is 2. The van der Waals surface area contributed by atoms with Crippen molar-refractivity contribution in [1.82, 2.24) is 14.5 Å². The number of para-hydroxylation sites is 1. The number of fused-ring (bicyclic) bond motifs is 2. The quantitative estimate of drug-likeness (QED) is 0.476. The Morgan fingerprint density at radius 3 is 2.66 bits per heavy atom. The number of anilines is 1. The second kappa shape index (κ2) is 9.34. The van der Waals surface area contributed by atoms with Crippen molar-refractivity contribution in [3.63, 3.8) is 0 Å². The number of aryl methyl sites for hydroxylation is 1. The molecule has 3 aromatic rings. The number of rotatable bonds is 8. The monoisotopic (exact) mass is 475 g/mol. The molecule has 8 nitrogen and oxygen atoms in total. The van der Waals surface area contributed by atoms with Crippen LogP contribution in [0.15, 0.2) is 42.5 Å². The van der Waals surface area contributed by atoms with E-state index in [1.165, 1.54) is 6.92 Å². The van der Waals surface area contributed by atoms with E-state index in [9.17, 15) is 9.59 Å². The molecule has 1 saturated carbocycles. The Labute approximate surface area is 205 Å². The fourth-order valence-electron chi connectivity index (χ4n) is 4.82. The van der Waals surface area contributed by atoms with E-state index in [0.29, 0.717) is 19.0 Å². The third-order valence-corrected chi connectivity index (χ3v) is 6.77. The van der Waals surface area contributed by atoms with E-state index in [4.69, 9.17) is 15.5 Å². The number of esters is 1. The van der Waals surface area contributed by atoms with Crippen LogP contribution in [-0.2, 0) is 29.2 Å². The van der Waals surface area contributed by atoms with Crippen LogP contribution in [0.3, 0.4) is 0 Å². The Balaban J connectivity index is 1.58. The number of benzene rings is 2. The van der Waals surface area contributed by atoms with Crippen molar-refractivity contribution >= 4 is 28.7 Å². The van der Waals surface area contributed by atoms with Crippen LogP contribution in [0.1, 0.15) is 63.2 Å². The topological polar surface area (TPSA) is 93.7 Å². The van der Waals surface area contributed by atoms with Crippen LogP contribution in [-0.4, -0.2) is 32.5 Å². The average Bonchev–Trinajstić information content (AvgIpc) is 3.60. The number of amides is 2. The lowest BCUT2D eigenvalue weighted by Gasteiger charge is -2.41. The number of hydrogen-bond donors (Lipinski definition) is 1. The number of nitrogens with two attached hydrogens (primary N) is 1. The van der Waals surface area contributed by atoms with E-state index >= 15 is 0 Å². The summed E-state index contributed by atoms with van der Waals surface area (Å²) < 4.78 is 7.90. The zero-order chi connectivity index (χ0) is 24.7. The Morgan fingerprint density at radius 2 is 1.97 bits per heavy atom. The normalized spacial score (nSPS) is 17.9. The second-order valence-corrected chi connectivity index (χ2v) is 9.92. The zero-order valence-corrected chi connectivity index (χ0v) is 20.6. The molecule has 1 atom stereocenters. The Bertz CT molecular complexity index is 1260. The van der Waals surface area contributed by atoms with Crippen molar-refractivity contribution in [3.8, 4) is 0 Å². The molecule has 1 unspecified atom stereocenters. The van der Waals surface area contributed by atoms with Crippen LogP contribution in [0.5, 0.6) is 0 Å². The molecule has 35 heavy (non-hydrogen) atoms. The van der Waals surface area contributed by atoms with Crippen LogP contribution in [0.25, 0.3) is 11.0 Å². The number of ether oxygens (including phenoxy) is 1. The van der Waals surface area contributed by atoms with Crippen molar-refractivity contribution in [2.24, 2.45) is 11.7 Å². The molecule has 2 N–H and O–H groups in total.